The van der Waals surface area contributed by atoms with E-state index in [9.17, 15) is 9.59 Å². The number of ether oxygens (including phenoxy) is 1. The molecule has 0 radical (unpaired) electrons. The molecule has 0 aromatic heterocycles. The number of amides is 2. The molecule has 1 heterocycles. The third-order valence-corrected chi connectivity index (χ3v) is 5.70. The van der Waals surface area contributed by atoms with Gasteiger partial charge in [0, 0.05) is 16.6 Å². The van der Waals surface area contributed by atoms with Crippen LogP contribution >= 0.6 is 51.3 Å². The van der Waals surface area contributed by atoms with Crippen molar-refractivity contribution in [3.05, 3.63) is 80.3 Å². The Bertz CT molecular complexity index is 1090. The highest BCUT2D eigenvalue weighted by atomic mass is 79.9. The fourth-order valence-corrected chi connectivity index (χ4v) is 3.65. The summed E-state index contributed by atoms with van der Waals surface area (Å²) in [5, 5.41) is 3.45. The number of hydrogen-bond acceptors (Lipinski definition) is 4. The molecule has 154 valence electrons. The molecular weight excluding hydrogens is 511 g/mol. The maximum absolute atomic E-state index is 12.8. The van der Waals surface area contributed by atoms with E-state index >= 15 is 0 Å². The minimum absolute atomic E-state index is 0.0485. The number of carbonyl (C=O) groups is 2. The maximum atomic E-state index is 12.8. The third-order valence-electron chi connectivity index (χ3n) is 4.15. The summed E-state index contributed by atoms with van der Waals surface area (Å²) >= 11 is 20.5. The van der Waals surface area contributed by atoms with Gasteiger partial charge in [-0.25, -0.2) is 0 Å². The molecule has 2 amide bonds. The second-order valence-electron chi connectivity index (χ2n) is 6.24. The second-order valence-corrected chi connectivity index (χ2v) is 8.36. The van der Waals surface area contributed by atoms with Gasteiger partial charge in [0.2, 0.25) is 0 Å². The molecule has 3 rings (SSSR count). The Hall–Kier alpha value is -2.19. The fraction of sp³-hybridized carbons (Fsp3) is 0.0952. The zero-order valence-electron chi connectivity index (χ0n) is 15.5. The molecule has 0 saturated carbocycles. The number of nitrogens with zero attached hydrogens (tertiary/aromatic N) is 1. The van der Waals surface area contributed by atoms with E-state index in [0.717, 1.165) is 10.0 Å². The van der Waals surface area contributed by atoms with Crippen molar-refractivity contribution in [2.75, 3.05) is 6.54 Å². The van der Waals surface area contributed by atoms with Crippen molar-refractivity contribution in [1.82, 2.24) is 10.2 Å². The van der Waals surface area contributed by atoms with Gasteiger partial charge in [-0.15, -0.1) is 6.58 Å². The Morgan fingerprint density at radius 1 is 1.17 bits per heavy atom. The summed E-state index contributed by atoms with van der Waals surface area (Å²) in [5.74, 6) is -0.583. The van der Waals surface area contributed by atoms with Crippen molar-refractivity contribution in [3.8, 4) is 5.75 Å². The van der Waals surface area contributed by atoms with Gasteiger partial charge in [-0.3, -0.25) is 19.8 Å². The molecule has 9 heteroatoms. The smallest absolute Gasteiger partial charge is 0.265 e. The van der Waals surface area contributed by atoms with E-state index in [0.29, 0.717) is 21.4 Å². The van der Waals surface area contributed by atoms with Crippen LogP contribution in [0.5, 0.6) is 5.75 Å². The van der Waals surface area contributed by atoms with E-state index in [4.69, 9.17) is 40.2 Å². The van der Waals surface area contributed by atoms with Crippen LogP contribution in [0.15, 0.2) is 59.1 Å². The van der Waals surface area contributed by atoms with Crippen LogP contribution in [0, 0.1) is 0 Å². The first-order valence-electron chi connectivity index (χ1n) is 8.66. The summed E-state index contributed by atoms with van der Waals surface area (Å²) in [7, 11) is 0. The summed E-state index contributed by atoms with van der Waals surface area (Å²) in [6, 6.07) is 10.5. The van der Waals surface area contributed by atoms with Gasteiger partial charge < -0.3 is 4.74 Å². The number of rotatable bonds is 6. The number of carbonyl (C=O) groups excluding carboxylic acids is 2. The van der Waals surface area contributed by atoms with E-state index in [1.165, 1.54) is 17.1 Å². The minimum Gasteiger partial charge on any atom is -0.488 e. The molecule has 1 fully saturated rings. The average Bonchev–Trinajstić information content (AvgIpc) is 2.70. The average molecular weight is 526 g/mol. The molecule has 2 aromatic carbocycles. The standard InChI is InChI=1S/C21H15BrCl2N2O3S/c1-2-7-26-20(28)15(19(27)25-21(26)30)10-13-9-14(22)4-6-18(13)29-11-12-3-5-16(23)17(24)8-12/h2-6,8-10H,1,7,11H2,(H,25,27,30)/b15-10+. The SMILES string of the molecule is C=CCN1C(=O)/C(=C/c2cc(Br)ccc2OCc2ccc(Cl)c(Cl)c2)C(=O)NC1=S. The summed E-state index contributed by atoms with van der Waals surface area (Å²) in [5.41, 5.74) is 1.32. The van der Waals surface area contributed by atoms with E-state index in [-0.39, 0.29) is 23.8 Å². The molecule has 0 unspecified atom stereocenters. The fourth-order valence-electron chi connectivity index (χ4n) is 2.70. The van der Waals surface area contributed by atoms with Gasteiger partial charge in [-0.2, -0.15) is 0 Å². The lowest BCUT2D eigenvalue weighted by Crippen LogP contribution is -2.53. The Kier molecular flexibility index (Phi) is 7.31. The quantitative estimate of drug-likeness (QED) is 0.245. The highest BCUT2D eigenvalue weighted by molar-refractivity contribution is 9.10. The molecule has 0 atom stereocenters. The van der Waals surface area contributed by atoms with E-state index in [2.05, 4.69) is 27.8 Å². The lowest BCUT2D eigenvalue weighted by atomic mass is 10.1. The summed E-state index contributed by atoms with van der Waals surface area (Å²) < 4.78 is 6.68. The molecule has 0 aliphatic carbocycles. The molecule has 5 nitrogen and oxygen atoms in total. The Morgan fingerprint density at radius 3 is 2.63 bits per heavy atom. The number of nitrogens with one attached hydrogen (secondary N) is 1. The van der Waals surface area contributed by atoms with Gasteiger partial charge in [0.05, 0.1) is 10.0 Å². The van der Waals surface area contributed by atoms with Gasteiger partial charge in [0.25, 0.3) is 11.8 Å². The topological polar surface area (TPSA) is 58.6 Å². The van der Waals surface area contributed by atoms with Crippen molar-refractivity contribution in [2.24, 2.45) is 0 Å². The van der Waals surface area contributed by atoms with Crippen molar-refractivity contribution in [2.45, 2.75) is 6.61 Å². The summed E-state index contributed by atoms with van der Waals surface area (Å²) in [6.45, 7) is 4.03. The van der Waals surface area contributed by atoms with Crippen molar-refractivity contribution in [1.29, 1.82) is 0 Å². The van der Waals surface area contributed by atoms with E-state index < -0.39 is 11.8 Å². The van der Waals surface area contributed by atoms with Crippen LogP contribution in [-0.4, -0.2) is 28.4 Å². The highest BCUT2D eigenvalue weighted by Gasteiger charge is 2.32. The Balaban J connectivity index is 1.91. The van der Waals surface area contributed by atoms with E-state index in [1.54, 1.807) is 36.4 Å². The number of hydrogen-bond donors (Lipinski definition) is 1. The van der Waals surface area contributed by atoms with Gasteiger partial charge in [0.1, 0.15) is 17.9 Å². The first kappa shape index (κ1) is 22.5. The largest absolute Gasteiger partial charge is 0.488 e. The monoisotopic (exact) mass is 524 g/mol. The predicted molar refractivity (Wildman–Crippen MR) is 126 cm³/mol. The highest BCUT2D eigenvalue weighted by Crippen LogP contribution is 2.28. The van der Waals surface area contributed by atoms with E-state index in [1.807, 2.05) is 0 Å². The van der Waals surface area contributed by atoms with Crippen LogP contribution in [0.25, 0.3) is 6.08 Å². The molecule has 1 aliphatic heterocycles. The molecule has 30 heavy (non-hydrogen) atoms. The van der Waals surface area contributed by atoms with Gasteiger partial charge in [-0.1, -0.05) is 51.3 Å². The van der Waals surface area contributed by atoms with Crippen molar-refractivity contribution in [3.63, 3.8) is 0 Å². The lowest BCUT2D eigenvalue weighted by Gasteiger charge is -2.27. The van der Waals surface area contributed by atoms with Crippen LogP contribution in [-0.2, 0) is 16.2 Å². The minimum atomic E-state index is -0.569. The lowest BCUT2D eigenvalue weighted by molar-refractivity contribution is -0.128. The number of benzene rings is 2. The zero-order chi connectivity index (χ0) is 21.8. The van der Waals surface area contributed by atoms with Crippen LogP contribution in [0.1, 0.15) is 11.1 Å². The third kappa shape index (κ3) is 5.10. The zero-order valence-corrected chi connectivity index (χ0v) is 19.4. The van der Waals surface area contributed by atoms with Crippen molar-refractivity contribution >= 4 is 74.4 Å². The first-order chi connectivity index (χ1) is 14.3. The van der Waals surface area contributed by atoms with Gasteiger partial charge >= 0.3 is 0 Å². The first-order valence-corrected chi connectivity index (χ1v) is 10.6. The maximum Gasteiger partial charge on any atom is 0.265 e. The Labute approximate surface area is 197 Å². The molecule has 1 N–H and O–H groups in total. The molecule has 1 aliphatic rings. The van der Waals surface area contributed by atoms with Crippen LogP contribution in [0.3, 0.4) is 0 Å². The predicted octanol–water partition coefficient (Wildman–Crippen LogP) is 5.15. The number of halogens is 3. The van der Waals surface area contributed by atoms with Crippen LogP contribution in [0.4, 0.5) is 0 Å². The molecule has 2 aromatic rings. The molecular formula is C21H15BrCl2N2O3S. The Morgan fingerprint density at radius 2 is 1.93 bits per heavy atom. The van der Waals surface area contributed by atoms with Crippen molar-refractivity contribution < 1.29 is 14.3 Å². The second kappa shape index (κ2) is 9.75. The normalized spacial score (nSPS) is 15.4. The molecule has 1 saturated heterocycles. The molecule has 0 bridgehead atoms. The van der Waals surface area contributed by atoms with Gasteiger partial charge in [-0.05, 0) is 54.2 Å². The van der Waals surface area contributed by atoms with Crippen LogP contribution < -0.4 is 10.1 Å². The summed E-state index contributed by atoms with van der Waals surface area (Å²) in [4.78, 5) is 26.4. The summed E-state index contributed by atoms with van der Waals surface area (Å²) in [6.07, 6.45) is 3.01. The molecule has 0 spiro atoms. The van der Waals surface area contributed by atoms with Gasteiger partial charge in [0.15, 0.2) is 5.11 Å². The number of thiocarbonyl (C=S) groups is 1. The van der Waals surface area contributed by atoms with Crippen LogP contribution in [0.2, 0.25) is 10.0 Å².